The van der Waals surface area contributed by atoms with Crippen LogP contribution in [-0.2, 0) is 0 Å². The molecule has 1 N–H and O–H groups in total. The van der Waals surface area contributed by atoms with Crippen LogP contribution in [0.25, 0.3) is 5.82 Å². The van der Waals surface area contributed by atoms with Gasteiger partial charge in [0.25, 0.3) is 0 Å². The third-order valence-electron chi connectivity index (χ3n) is 5.74. The highest BCUT2D eigenvalue weighted by Crippen LogP contribution is 2.42. The van der Waals surface area contributed by atoms with E-state index in [1.165, 1.54) is 0 Å². The van der Waals surface area contributed by atoms with Crippen LogP contribution in [0.2, 0.25) is 0 Å². The second-order valence-electron chi connectivity index (χ2n) is 7.93. The van der Waals surface area contributed by atoms with Crippen molar-refractivity contribution >= 4 is 38.9 Å². The summed E-state index contributed by atoms with van der Waals surface area (Å²) in [6.45, 7) is 4.13. The summed E-state index contributed by atoms with van der Waals surface area (Å²) in [6.07, 6.45) is 5.77. The van der Waals surface area contributed by atoms with Crippen molar-refractivity contribution in [3.63, 3.8) is 0 Å². The summed E-state index contributed by atoms with van der Waals surface area (Å²) in [5.74, 6) is 0.875. The molecule has 0 saturated carbocycles. The van der Waals surface area contributed by atoms with Gasteiger partial charge in [-0.3, -0.25) is 4.98 Å². The minimum atomic E-state index is -0.105. The zero-order valence-electron chi connectivity index (χ0n) is 17.7. The number of benzene rings is 1. The molecule has 160 valence electrons. The molecule has 1 fully saturated rings. The number of pyridine rings is 2. The first-order valence-electron chi connectivity index (χ1n) is 10.4. The molecule has 1 aromatic carbocycles. The number of nitrogens with zero attached hydrogens (tertiary/aromatic N) is 4. The second-order valence-corrected chi connectivity index (χ2v) is 9.17. The van der Waals surface area contributed by atoms with Crippen LogP contribution < -0.4 is 10.2 Å². The number of thiocarbonyl (C=S) groups is 1. The van der Waals surface area contributed by atoms with E-state index in [2.05, 4.69) is 90.2 Å². The number of aromatic nitrogens is 3. The Morgan fingerprint density at radius 3 is 2.59 bits per heavy atom. The quantitative estimate of drug-likeness (QED) is 0.355. The van der Waals surface area contributed by atoms with E-state index in [1.807, 2.05) is 43.6 Å². The summed E-state index contributed by atoms with van der Waals surface area (Å²) in [6, 6.07) is 20.4. The van der Waals surface area contributed by atoms with Crippen LogP contribution >= 0.6 is 28.1 Å². The Kier molecular flexibility index (Phi) is 5.53. The first kappa shape index (κ1) is 20.8. The van der Waals surface area contributed by atoms with Crippen LogP contribution in [0.5, 0.6) is 0 Å². The van der Waals surface area contributed by atoms with E-state index in [0.717, 1.165) is 38.5 Å². The van der Waals surface area contributed by atoms with Crippen molar-refractivity contribution in [2.45, 2.75) is 25.9 Å². The van der Waals surface area contributed by atoms with Gasteiger partial charge in [-0.2, -0.15) is 0 Å². The Morgan fingerprint density at radius 2 is 1.88 bits per heavy atom. The van der Waals surface area contributed by atoms with Crippen LogP contribution in [0, 0.1) is 13.8 Å². The monoisotopic (exact) mass is 503 g/mol. The topological polar surface area (TPSA) is 46.0 Å². The maximum Gasteiger partial charge on any atom is 0.174 e. The van der Waals surface area contributed by atoms with Gasteiger partial charge in [0.2, 0.25) is 0 Å². The van der Waals surface area contributed by atoms with Gasteiger partial charge in [0.15, 0.2) is 5.11 Å². The number of nitrogens with one attached hydrogen (secondary N) is 1. The summed E-state index contributed by atoms with van der Waals surface area (Å²) >= 11 is 9.47. The van der Waals surface area contributed by atoms with Crippen LogP contribution in [0.15, 0.2) is 83.7 Å². The van der Waals surface area contributed by atoms with Crippen molar-refractivity contribution in [2.24, 2.45) is 0 Å². The SMILES string of the molecule is Cc1ccc(-n2cccc2[C@H]2[C@@H](c3ccccn3)NC(=S)N2c2ccc(Br)c(C)c2)nc1. The highest BCUT2D eigenvalue weighted by atomic mass is 79.9. The van der Waals surface area contributed by atoms with Gasteiger partial charge in [-0.05, 0) is 85.7 Å². The van der Waals surface area contributed by atoms with Crippen molar-refractivity contribution in [3.8, 4) is 5.82 Å². The summed E-state index contributed by atoms with van der Waals surface area (Å²) in [5.41, 5.74) is 5.35. The molecular formula is C25H22BrN5S. The van der Waals surface area contributed by atoms with Gasteiger partial charge in [-0.1, -0.05) is 28.1 Å². The van der Waals surface area contributed by atoms with Crippen molar-refractivity contribution < 1.29 is 0 Å². The number of aryl methyl sites for hydroxylation is 2. The first-order chi connectivity index (χ1) is 15.5. The van der Waals surface area contributed by atoms with Gasteiger partial charge in [0.1, 0.15) is 11.9 Å². The third-order valence-corrected chi connectivity index (χ3v) is 6.95. The first-order valence-corrected chi connectivity index (χ1v) is 11.6. The molecule has 3 aromatic heterocycles. The second kappa shape index (κ2) is 8.48. The third kappa shape index (κ3) is 3.72. The van der Waals surface area contributed by atoms with E-state index in [0.29, 0.717) is 5.11 Å². The van der Waals surface area contributed by atoms with Crippen molar-refractivity contribution in [1.82, 2.24) is 19.9 Å². The van der Waals surface area contributed by atoms with Crippen molar-refractivity contribution in [2.75, 3.05) is 4.90 Å². The Balaban J connectivity index is 1.67. The van der Waals surface area contributed by atoms with Gasteiger partial charge in [0, 0.05) is 34.4 Å². The highest BCUT2D eigenvalue weighted by molar-refractivity contribution is 9.10. The van der Waals surface area contributed by atoms with E-state index >= 15 is 0 Å². The van der Waals surface area contributed by atoms with Gasteiger partial charge >= 0.3 is 0 Å². The Labute approximate surface area is 201 Å². The van der Waals surface area contributed by atoms with Gasteiger partial charge in [-0.25, -0.2) is 4.98 Å². The molecule has 0 bridgehead atoms. The molecule has 1 aliphatic rings. The molecule has 2 atom stereocenters. The highest BCUT2D eigenvalue weighted by Gasteiger charge is 2.42. The Hall–Kier alpha value is -3.03. The molecule has 0 aliphatic carbocycles. The number of halogens is 1. The lowest BCUT2D eigenvalue weighted by Gasteiger charge is -2.29. The number of rotatable bonds is 4. The maximum atomic E-state index is 5.85. The van der Waals surface area contributed by atoms with Crippen LogP contribution in [0.3, 0.4) is 0 Å². The molecule has 1 saturated heterocycles. The molecule has 7 heteroatoms. The van der Waals surface area contributed by atoms with E-state index in [9.17, 15) is 0 Å². The van der Waals surface area contributed by atoms with E-state index < -0.39 is 0 Å². The van der Waals surface area contributed by atoms with Crippen LogP contribution in [-0.4, -0.2) is 19.6 Å². The Bertz CT molecular complexity index is 1270. The molecule has 0 unspecified atom stereocenters. The number of anilines is 1. The lowest BCUT2D eigenvalue weighted by molar-refractivity contribution is 0.548. The molecule has 0 amide bonds. The van der Waals surface area contributed by atoms with Gasteiger partial charge in [-0.15, -0.1) is 0 Å². The number of hydrogen-bond donors (Lipinski definition) is 1. The molecule has 4 heterocycles. The van der Waals surface area contributed by atoms with Crippen LogP contribution in [0.1, 0.15) is 34.6 Å². The molecular weight excluding hydrogens is 482 g/mol. The average Bonchev–Trinajstić information content (AvgIpc) is 3.41. The predicted octanol–water partition coefficient (Wildman–Crippen LogP) is 5.82. The molecule has 5 nitrogen and oxygen atoms in total. The summed E-state index contributed by atoms with van der Waals surface area (Å²) in [4.78, 5) is 11.5. The molecule has 0 spiro atoms. The smallest absolute Gasteiger partial charge is 0.174 e. The molecule has 5 rings (SSSR count). The lowest BCUT2D eigenvalue weighted by Crippen LogP contribution is -2.30. The average molecular weight is 504 g/mol. The lowest BCUT2D eigenvalue weighted by atomic mass is 10.0. The van der Waals surface area contributed by atoms with Gasteiger partial charge < -0.3 is 14.8 Å². The van der Waals surface area contributed by atoms with Crippen LogP contribution in [0.4, 0.5) is 5.69 Å². The fraction of sp³-hybridized carbons (Fsp3) is 0.160. The fourth-order valence-corrected chi connectivity index (χ4v) is 4.75. The standard InChI is InChI=1S/C25H22BrN5S/c1-16-8-11-22(28-15-16)30-13-5-7-21(30)24-23(20-6-3-4-12-27-20)29-25(32)31(24)18-9-10-19(26)17(2)14-18/h3-15,23-24H,1-2H3,(H,29,32)/t23-,24+/m1/s1. The normalized spacial score (nSPS) is 18.1. The van der Waals surface area contributed by atoms with E-state index in [1.54, 1.807) is 0 Å². The van der Waals surface area contributed by atoms with E-state index in [-0.39, 0.29) is 12.1 Å². The van der Waals surface area contributed by atoms with Crippen molar-refractivity contribution in [1.29, 1.82) is 0 Å². The maximum absolute atomic E-state index is 5.85. The zero-order chi connectivity index (χ0) is 22.2. The summed E-state index contributed by atoms with van der Waals surface area (Å²) in [5, 5.41) is 4.21. The van der Waals surface area contributed by atoms with E-state index in [4.69, 9.17) is 12.2 Å². The zero-order valence-corrected chi connectivity index (χ0v) is 20.1. The molecule has 1 aliphatic heterocycles. The van der Waals surface area contributed by atoms with Crippen molar-refractivity contribution in [3.05, 3.63) is 106 Å². The van der Waals surface area contributed by atoms with Gasteiger partial charge in [0.05, 0.1) is 11.7 Å². The number of hydrogen-bond acceptors (Lipinski definition) is 3. The molecule has 32 heavy (non-hydrogen) atoms. The minimum absolute atomic E-state index is 0.101. The Morgan fingerprint density at radius 1 is 1.00 bits per heavy atom. The fourth-order valence-electron chi connectivity index (χ4n) is 4.16. The minimum Gasteiger partial charge on any atom is -0.351 e. The molecule has 4 aromatic rings. The summed E-state index contributed by atoms with van der Waals surface area (Å²) < 4.78 is 3.21. The molecule has 0 radical (unpaired) electrons. The predicted molar refractivity (Wildman–Crippen MR) is 135 cm³/mol. The summed E-state index contributed by atoms with van der Waals surface area (Å²) in [7, 11) is 0. The largest absolute Gasteiger partial charge is 0.351 e.